The quantitative estimate of drug-likeness (QED) is 0.437. The fourth-order valence-corrected chi connectivity index (χ4v) is 5.40. The van der Waals surface area contributed by atoms with Gasteiger partial charge in [0.05, 0.1) is 5.51 Å². The van der Waals surface area contributed by atoms with E-state index in [0.29, 0.717) is 12.8 Å². The number of ether oxygens (including phenoxy) is 1. The normalized spacial score (nSPS) is 15.5. The largest absolute Gasteiger partial charge is 0.487 e. The third kappa shape index (κ3) is 6.74. The van der Waals surface area contributed by atoms with Gasteiger partial charge in [0.15, 0.2) is 17.4 Å². The van der Waals surface area contributed by atoms with Crippen LogP contribution in [-0.4, -0.2) is 49.1 Å². The van der Waals surface area contributed by atoms with Gasteiger partial charge in [-0.15, -0.1) is 11.3 Å². The van der Waals surface area contributed by atoms with Crippen molar-refractivity contribution >= 4 is 33.7 Å². The van der Waals surface area contributed by atoms with Gasteiger partial charge in [0, 0.05) is 24.5 Å². The lowest BCUT2D eigenvalue weighted by atomic mass is 10.0. The Hall–Kier alpha value is -3.09. The van der Waals surface area contributed by atoms with E-state index >= 15 is 0 Å². The molecule has 1 aliphatic heterocycles. The van der Waals surface area contributed by atoms with Crippen LogP contribution < -0.4 is 9.46 Å². The summed E-state index contributed by atoms with van der Waals surface area (Å²) < 4.78 is 61.9. The summed E-state index contributed by atoms with van der Waals surface area (Å²) in [6.07, 6.45) is 1.03. The van der Waals surface area contributed by atoms with Gasteiger partial charge >= 0.3 is 0 Å². The van der Waals surface area contributed by atoms with Crippen molar-refractivity contribution in [3.63, 3.8) is 0 Å². The zero-order valence-corrected chi connectivity index (χ0v) is 20.4. The van der Waals surface area contributed by atoms with Crippen molar-refractivity contribution in [2.75, 3.05) is 17.8 Å². The van der Waals surface area contributed by atoms with Gasteiger partial charge < -0.3 is 9.84 Å². The topological polar surface area (TPSA) is 109 Å². The van der Waals surface area contributed by atoms with Crippen LogP contribution in [0.15, 0.2) is 58.3 Å². The Morgan fingerprint density at radius 2 is 1.83 bits per heavy atom. The van der Waals surface area contributed by atoms with E-state index in [1.807, 2.05) is 18.2 Å². The van der Waals surface area contributed by atoms with Crippen molar-refractivity contribution in [2.24, 2.45) is 0 Å². The first-order valence-corrected chi connectivity index (χ1v) is 13.1. The van der Waals surface area contributed by atoms with Gasteiger partial charge in [-0.2, -0.15) is 4.39 Å². The number of likely N-dealkylation sites (tertiary alicyclic amines) is 1. The van der Waals surface area contributed by atoms with E-state index in [1.165, 1.54) is 27.8 Å². The molecule has 1 aliphatic rings. The van der Waals surface area contributed by atoms with Gasteiger partial charge in [0.2, 0.25) is 5.82 Å². The Balaban J connectivity index is 0.00000108. The van der Waals surface area contributed by atoms with Gasteiger partial charge in [0.1, 0.15) is 11.0 Å². The molecule has 4 rings (SSSR count). The number of rotatable bonds is 7. The number of nitrogens with one attached hydrogen (secondary N) is 1. The van der Waals surface area contributed by atoms with Crippen LogP contribution in [0.25, 0.3) is 0 Å². The number of carboxylic acid groups (broad SMARTS) is 1. The van der Waals surface area contributed by atoms with E-state index < -0.39 is 26.6 Å². The lowest BCUT2D eigenvalue weighted by molar-refractivity contribution is -0.122. The smallest absolute Gasteiger partial charge is 0.290 e. The van der Waals surface area contributed by atoms with Crippen LogP contribution in [0.5, 0.6) is 5.75 Å². The van der Waals surface area contributed by atoms with Crippen molar-refractivity contribution in [2.45, 2.75) is 36.8 Å². The summed E-state index contributed by atoms with van der Waals surface area (Å²) in [4.78, 5) is 13.7. The molecular formula is C23H25F2N3O5S2. The second-order valence-corrected chi connectivity index (χ2v) is 10.1. The highest BCUT2D eigenvalue weighted by molar-refractivity contribution is 7.92. The average Bonchev–Trinajstić information content (AvgIpc) is 3.35. The minimum Gasteiger partial charge on any atom is -0.487 e. The summed E-state index contributed by atoms with van der Waals surface area (Å²) in [5.41, 5.74) is 2.65. The fourth-order valence-electron chi connectivity index (χ4n) is 3.77. The number of nitrogens with zero attached hydrogens (tertiary/aromatic N) is 2. The van der Waals surface area contributed by atoms with Crippen LogP contribution in [0.3, 0.4) is 0 Å². The highest BCUT2D eigenvalue weighted by Gasteiger charge is 2.28. The molecular weight excluding hydrogens is 500 g/mol. The number of hydrogen-bond donors (Lipinski definition) is 2. The van der Waals surface area contributed by atoms with E-state index in [2.05, 4.69) is 33.7 Å². The van der Waals surface area contributed by atoms with Crippen molar-refractivity contribution in [1.29, 1.82) is 0 Å². The Morgan fingerprint density at radius 3 is 2.43 bits per heavy atom. The standard InChI is InChI=1S/C22H23F2N3O3S2.CH2O2/c1-15(16-5-3-2-4-6-16)27-11-9-17(10-12-27)30-18-7-8-19(22(24)21(18)23)32(28,29)26-20-13-31-14-25-20;2-1-3/h2-8,13-15,17,26H,9-12H2,1H3;1H,(H,2,3)/t15-;/m1./s1. The molecule has 1 fully saturated rings. The number of benzene rings is 2. The monoisotopic (exact) mass is 525 g/mol. The minimum absolute atomic E-state index is 0.0478. The zero-order valence-electron chi connectivity index (χ0n) is 18.8. The lowest BCUT2D eigenvalue weighted by Gasteiger charge is -2.36. The van der Waals surface area contributed by atoms with Gasteiger partial charge in [0.25, 0.3) is 16.5 Å². The third-order valence-corrected chi connectivity index (χ3v) is 7.53. The van der Waals surface area contributed by atoms with Crippen molar-refractivity contribution in [3.8, 4) is 5.75 Å². The first kappa shape index (κ1) is 26.5. The van der Waals surface area contributed by atoms with Crippen LogP contribution in [0.4, 0.5) is 14.6 Å². The molecule has 2 N–H and O–H groups in total. The van der Waals surface area contributed by atoms with Crippen molar-refractivity contribution < 1.29 is 31.8 Å². The summed E-state index contributed by atoms with van der Waals surface area (Å²) >= 11 is 1.18. The molecule has 1 atom stereocenters. The Labute approximate surface area is 206 Å². The van der Waals surface area contributed by atoms with Crippen LogP contribution in [0, 0.1) is 11.6 Å². The molecule has 3 aromatic rings. The molecule has 0 unspecified atom stereocenters. The number of anilines is 1. The summed E-state index contributed by atoms with van der Waals surface area (Å²) in [6, 6.07) is 12.6. The summed E-state index contributed by atoms with van der Waals surface area (Å²) in [5.74, 6) is -3.03. The minimum atomic E-state index is -4.31. The summed E-state index contributed by atoms with van der Waals surface area (Å²) in [5, 5.41) is 8.34. The molecule has 1 aromatic heterocycles. The van der Waals surface area contributed by atoms with E-state index in [0.717, 1.165) is 25.2 Å². The molecule has 0 spiro atoms. The first-order chi connectivity index (χ1) is 16.8. The van der Waals surface area contributed by atoms with E-state index in [-0.39, 0.29) is 30.2 Å². The Kier molecular flexibility index (Phi) is 9.13. The molecule has 188 valence electrons. The Morgan fingerprint density at radius 1 is 1.17 bits per heavy atom. The molecule has 12 heteroatoms. The third-order valence-electron chi connectivity index (χ3n) is 5.57. The number of piperidine rings is 1. The molecule has 0 radical (unpaired) electrons. The molecule has 0 aliphatic carbocycles. The molecule has 2 heterocycles. The maximum atomic E-state index is 14.6. The molecule has 0 bridgehead atoms. The van der Waals surface area contributed by atoms with E-state index in [1.54, 1.807) is 0 Å². The predicted molar refractivity (Wildman–Crippen MR) is 128 cm³/mol. The first-order valence-electron chi connectivity index (χ1n) is 10.7. The average molecular weight is 526 g/mol. The van der Waals surface area contributed by atoms with Crippen molar-refractivity contribution in [1.82, 2.24) is 9.88 Å². The van der Waals surface area contributed by atoms with Crippen molar-refractivity contribution in [3.05, 3.63) is 70.6 Å². The highest BCUT2D eigenvalue weighted by Crippen LogP contribution is 2.30. The molecule has 35 heavy (non-hydrogen) atoms. The van der Waals surface area contributed by atoms with Gasteiger partial charge in [-0.05, 0) is 37.5 Å². The van der Waals surface area contributed by atoms with Crippen LogP contribution >= 0.6 is 11.3 Å². The van der Waals surface area contributed by atoms with Crippen LogP contribution in [0.1, 0.15) is 31.4 Å². The van der Waals surface area contributed by atoms with Gasteiger partial charge in [-0.3, -0.25) is 14.4 Å². The number of halogens is 2. The van der Waals surface area contributed by atoms with E-state index in [4.69, 9.17) is 14.6 Å². The second-order valence-electron chi connectivity index (χ2n) is 7.71. The predicted octanol–water partition coefficient (Wildman–Crippen LogP) is 4.53. The number of thiazole rings is 1. The number of aromatic nitrogens is 1. The maximum absolute atomic E-state index is 14.6. The molecule has 0 saturated carbocycles. The SMILES string of the molecule is C[C@H](c1ccccc1)N1CCC(Oc2ccc(S(=O)(=O)Nc3cscn3)c(F)c2F)CC1.O=CO. The molecule has 0 amide bonds. The number of carbonyl (C=O) groups is 1. The molecule has 1 saturated heterocycles. The lowest BCUT2D eigenvalue weighted by Crippen LogP contribution is -2.39. The number of hydrogen-bond acceptors (Lipinski definition) is 7. The molecule has 2 aromatic carbocycles. The molecule has 8 nitrogen and oxygen atoms in total. The second kappa shape index (κ2) is 12.0. The highest BCUT2D eigenvalue weighted by atomic mass is 32.2. The summed E-state index contributed by atoms with van der Waals surface area (Å²) in [6.45, 7) is 3.41. The summed E-state index contributed by atoms with van der Waals surface area (Å²) in [7, 11) is -4.31. The van der Waals surface area contributed by atoms with E-state index in [9.17, 15) is 17.2 Å². The zero-order chi connectivity index (χ0) is 25.4. The van der Waals surface area contributed by atoms with Gasteiger partial charge in [-0.1, -0.05) is 30.3 Å². The Bertz CT molecular complexity index is 1200. The van der Waals surface area contributed by atoms with Crippen LogP contribution in [-0.2, 0) is 14.8 Å². The van der Waals surface area contributed by atoms with Crippen LogP contribution in [0.2, 0.25) is 0 Å². The maximum Gasteiger partial charge on any atom is 0.290 e. The number of sulfonamides is 1. The van der Waals surface area contributed by atoms with Gasteiger partial charge in [-0.25, -0.2) is 17.8 Å². The fraction of sp³-hybridized carbons (Fsp3) is 0.304.